The number of phenols is 3. The Kier molecular flexibility index (Phi) is 6.86. The fourth-order valence-corrected chi connectivity index (χ4v) is 4.54. The number of fused-ring (bicyclic) bond motifs is 3. The van der Waals surface area contributed by atoms with Crippen molar-refractivity contribution in [2.45, 2.75) is 72.5 Å². The van der Waals surface area contributed by atoms with Crippen LogP contribution in [0.4, 0.5) is 0 Å². The van der Waals surface area contributed by atoms with Crippen LogP contribution in [0.15, 0.2) is 50.7 Å². The van der Waals surface area contributed by atoms with Crippen LogP contribution in [0.5, 0.6) is 23.0 Å². The molecule has 0 radical (unpaired) electrons. The smallest absolute Gasteiger partial charge is 0.200 e. The molecule has 2 aromatic carbocycles. The largest absolute Gasteiger partial charge is 0.508 e. The standard InChI is InChI=1S/C30H34O7/c1-15(2)7-10-19-25(34)24-26(35)20(11-8-16(3)4)28-21(14-23(33)30(5,6)37-28)29(24)36-27(19)18-12-9-17(31)13-22(18)32/h7-9,12-13,23,31-33,35H,10-11,14H2,1-6H3. The molecule has 0 aliphatic carbocycles. The van der Waals surface area contributed by atoms with Gasteiger partial charge in [-0.2, -0.15) is 0 Å². The van der Waals surface area contributed by atoms with Gasteiger partial charge in [0.15, 0.2) is 0 Å². The molecule has 0 spiro atoms. The lowest BCUT2D eigenvalue weighted by atomic mass is 9.87. The van der Waals surface area contributed by atoms with E-state index >= 15 is 0 Å². The van der Waals surface area contributed by atoms with Gasteiger partial charge in [0.05, 0.1) is 11.7 Å². The van der Waals surface area contributed by atoms with Gasteiger partial charge < -0.3 is 29.6 Å². The van der Waals surface area contributed by atoms with Gasteiger partial charge in [-0.25, -0.2) is 0 Å². The molecule has 0 bridgehead atoms. The predicted octanol–water partition coefficient (Wildman–Crippen LogP) is 5.67. The minimum Gasteiger partial charge on any atom is -0.508 e. The fraction of sp³-hybridized carbons (Fsp3) is 0.367. The Morgan fingerprint density at radius 2 is 1.65 bits per heavy atom. The molecule has 0 fully saturated rings. The average molecular weight is 507 g/mol. The zero-order chi connectivity index (χ0) is 27.2. The van der Waals surface area contributed by atoms with Crippen LogP contribution in [0.25, 0.3) is 22.3 Å². The van der Waals surface area contributed by atoms with Gasteiger partial charge in [0, 0.05) is 29.2 Å². The van der Waals surface area contributed by atoms with Gasteiger partial charge in [0.25, 0.3) is 0 Å². The second-order valence-electron chi connectivity index (χ2n) is 10.7. The number of aliphatic hydroxyl groups excluding tert-OH is 1. The summed E-state index contributed by atoms with van der Waals surface area (Å²) in [5, 5.41) is 42.8. The van der Waals surface area contributed by atoms with Crippen molar-refractivity contribution >= 4 is 11.0 Å². The van der Waals surface area contributed by atoms with Crippen LogP contribution >= 0.6 is 0 Å². The predicted molar refractivity (Wildman–Crippen MR) is 144 cm³/mol. The lowest BCUT2D eigenvalue weighted by molar-refractivity contribution is -0.0415. The number of allylic oxidation sites excluding steroid dienone is 4. The van der Waals surface area contributed by atoms with Crippen molar-refractivity contribution in [3.8, 4) is 34.3 Å². The van der Waals surface area contributed by atoms with Gasteiger partial charge in [-0.05, 0) is 66.5 Å². The van der Waals surface area contributed by atoms with Crippen LogP contribution in [0.3, 0.4) is 0 Å². The Bertz CT molecular complexity index is 1500. The topological polar surface area (TPSA) is 120 Å². The SMILES string of the molecule is CC(C)=CCc1c2c(c3oc(-c4ccc(O)cc4O)c(CC=C(C)C)c(=O)c3c1O)CC(O)C(C)(C)O2. The summed E-state index contributed by atoms with van der Waals surface area (Å²) in [6, 6.07) is 4.05. The third kappa shape index (κ3) is 4.83. The maximum Gasteiger partial charge on any atom is 0.200 e. The number of ether oxygens (including phenoxy) is 1. The van der Waals surface area contributed by atoms with Crippen LogP contribution in [0, 0.1) is 0 Å². The van der Waals surface area contributed by atoms with Crippen molar-refractivity contribution < 1.29 is 29.6 Å². The molecule has 37 heavy (non-hydrogen) atoms. The molecule has 1 aromatic heterocycles. The lowest BCUT2D eigenvalue weighted by Crippen LogP contribution is -2.46. The molecular weight excluding hydrogens is 472 g/mol. The van der Waals surface area contributed by atoms with E-state index in [1.54, 1.807) is 13.8 Å². The Balaban J connectivity index is 2.16. The van der Waals surface area contributed by atoms with E-state index in [1.807, 2.05) is 39.8 Å². The molecule has 3 aromatic rings. The van der Waals surface area contributed by atoms with Crippen molar-refractivity contribution in [2.24, 2.45) is 0 Å². The number of phenolic OH excluding ortho intramolecular Hbond substituents is 3. The van der Waals surface area contributed by atoms with E-state index in [0.29, 0.717) is 23.3 Å². The zero-order valence-corrected chi connectivity index (χ0v) is 22.1. The maximum absolute atomic E-state index is 14.0. The molecular formula is C30H34O7. The first-order chi connectivity index (χ1) is 17.3. The van der Waals surface area contributed by atoms with Crippen LogP contribution in [0.2, 0.25) is 0 Å². The Labute approximate surface area is 216 Å². The molecule has 2 heterocycles. The van der Waals surface area contributed by atoms with E-state index in [0.717, 1.165) is 11.1 Å². The number of hydrogen-bond donors (Lipinski definition) is 4. The quantitative estimate of drug-likeness (QED) is 0.329. The molecule has 0 saturated carbocycles. The number of benzene rings is 2. The highest BCUT2D eigenvalue weighted by Crippen LogP contribution is 2.47. The van der Waals surface area contributed by atoms with Gasteiger partial charge in [-0.3, -0.25) is 4.79 Å². The van der Waals surface area contributed by atoms with Crippen LogP contribution in [-0.4, -0.2) is 32.1 Å². The third-order valence-corrected chi connectivity index (χ3v) is 6.77. The highest BCUT2D eigenvalue weighted by atomic mass is 16.5. The minimum atomic E-state index is -0.922. The molecule has 4 rings (SSSR count). The molecule has 0 amide bonds. The van der Waals surface area contributed by atoms with Gasteiger partial charge in [-0.15, -0.1) is 0 Å². The minimum absolute atomic E-state index is 0.0191. The van der Waals surface area contributed by atoms with E-state index in [9.17, 15) is 25.2 Å². The van der Waals surface area contributed by atoms with Crippen LogP contribution in [0.1, 0.15) is 58.2 Å². The molecule has 1 aliphatic heterocycles. The monoisotopic (exact) mass is 506 g/mol. The molecule has 0 saturated heterocycles. The summed E-state index contributed by atoms with van der Waals surface area (Å²) < 4.78 is 12.6. The molecule has 7 nitrogen and oxygen atoms in total. The first-order valence-corrected chi connectivity index (χ1v) is 12.3. The molecule has 196 valence electrons. The van der Waals surface area contributed by atoms with Crippen molar-refractivity contribution in [3.63, 3.8) is 0 Å². The molecule has 7 heteroatoms. The Morgan fingerprint density at radius 3 is 2.24 bits per heavy atom. The summed E-state index contributed by atoms with van der Waals surface area (Å²) in [5.41, 5.74) is 2.22. The highest BCUT2D eigenvalue weighted by Gasteiger charge is 2.40. The Morgan fingerprint density at radius 1 is 1.03 bits per heavy atom. The summed E-state index contributed by atoms with van der Waals surface area (Å²) in [7, 11) is 0. The van der Waals surface area contributed by atoms with Gasteiger partial charge in [-0.1, -0.05) is 23.3 Å². The second-order valence-corrected chi connectivity index (χ2v) is 10.7. The van der Waals surface area contributed by atoms with E-state index < -0.39 is 17.1 Å². The molecule has 1 atom stereocenters. The van der Waals surface area contributed by atoms with Gasteiger partial charge >= 0.3 is 0 Å². The normalized spacial score (nSPS) is 16.1. The fourth-order valence-electron chi connectivity index (χ4n) is 4.54. The first-order valence-electron chi connectivity index (χ1n) is 12.3. The lowest BCUT2D eigenvalue weighted by Gasteiger charge is -2.38. The zero-order valence-electron chi connectivity index (χ0n) is 22.1. The maximum atomic E-state index is 14.0. The van der Waals surface area contributed by atoms with Crippen molar-refractivity contribution in [3.05, 3.63) is 68.4 Å². The molecule has 1 aliphatic rings. The van der Waals surface area contributed by atoms with Crippen molar-refractivity contribution in [1.82, 2.24) is 0 Å². The summed E-state index contributed by atoms with van der Waals surface area (Å²) in [6.07, 6.45) is 3.62. The van der Waals surface area contributed by atoms with Gasteiger partial charge in [0.2, 0.25) is 5.43 Å². The van der Waals surface area contributed by atoms with Crippen LogP contribution < -0.4 is 10.2 Å². The number of hydrogen-bond acceptors (Lipinski definition) is 7. The van der Waals surface area contributed by atoms with E-state index in [1.165, 1.54) is 18.2 Å². The van der Waals surface area contributed by atoms with Crippen LogP contribution in [-0.2, 0) is 19.3 Å². The summed E-state index contributed by atoms with van der Waals surface area (Å²) in [4.78, 5) is 14.0. The number of aliphatic hydroxyl groups is 1. The van der Waals surface area contributed by atoms with Crippen molar-refractivity contribution in [2.75, 3.05) is 0 Å². The second kappa shape index (κ2) is 9.63. The first kappa shape index (κ1) is 26.4. The Hall–Kier alpha value is -3.71. The van der Waals surface area contributed by atoms with Crippen molar-refractivity contribution in [1.29, 1.82) is 0 Å². The van der Waals surface area contributed by atoms with E-state index in [4.69, 9.17) is 9.15 Å². The van der Waals surface area contributed by atoms with Gasteiger partial charge in [0.1, 0.15) is 45.3 Å². The highest BCUT2D eigenvalue weighted by molar-refractivity contribution is 5.93. The van der Waals surface area contributed by atoms with E-state index in [-0.39, 0.29) is 57.9 Å². The number of aromatic hydroxyl groups is 3. The summed E-state index contributed by atoms with van der Waals surface area (Å²) in [6.45, 7) is 11.2. The molecule has 1 unspecified atom stereocenters. The average Bonchev–Trinajstić information content (AvgIpc) is 2.79. The molecule has 4 N–H and O–H groups in total. The number of rotatable bonds is 5. The summed E-state index contributed by atoms with van der Waals surface area (Å²) >= 11 is 0. The third-order valence-electron chi connectivity index (χ3n) is 6.77. The summed E-state index contributed by atoms with van der Waals surface area (Å²) in [5.74, 6) is -0.0824. The van der Waals surface area contributed by atoms with E-state index in [2.05, 4.69) is 0 Å².